The average Bonchev–Trinajstić information content (AvgIpc) is 2.34. The van der Waals surface area contributed by atoms with Crippen LogP contribution in [0.25, 0.3) is 0 Å². The van der Waals surface area contributed by atoms with Crippen molar-refractivity contribution in [3.63, 3.8) is 0 Å². The van der Waals surface area contributed by atoms with Crippen LogP contribution in [0.3, 0.4) is 0 Å². The van der Waals surface area contributed by atoms with E-state index < -0.39 is 0 Å². The minimum absolute atomic E-state index is 0.346. The molecule has 1 heterocycles. The van der Waals surface area contributed by atoms with Gasteiger partial charge in [0.05, 0.1) is 0 Å². The maximum absolute atomic E-state index is 8.76. The molecule has 0 radical (unpaired) electrons. The molecule has 1 rings (SSSR count). The molecule has 16 heavy (non-hydrogen) atoms. The Bertz CT molecular complexity index is 158. The molecule has 0 bridgehead atoms. The molecule has 0 aromatic carbocycles. The monoisotopic (exact) mass is 228 g/mol. The molecular weight excluding hydrogens is 200 g/mol. The normalized spacial score (nSPS) is 21.6. The Labute approximate surface area is 100 Å². The fourth-order valence-corrected chi connectivity index (χ4v) is 2.51. The zero-order valence-electron chi connectivity index (χ0n) is 10.7. The van der Waals surface area contributed by atoms with Crippen molar-refractivity contribution in [3.8, 4) is 0 Å². The third kappa shape index (κ3) is 5.28. The van der Waals surface area contributed by atoms with Gasteiger partial charge in [0.25, 0.3) is 0 Å². The number of aliphatic hydroxyl groups is 1. The lowest BCUT2D eigenvalue weighted by Crippen LogP contribution is -2.46. The average molecular weight is 228 g/mol. The number of unbranched alkanes of at least 4 members (excludes halogenated alkanes) is 2. The van der Waals surface area contributed by atoms with Gasteiger partial charge in [-0.25, -0.2) is 0 Å². The minimum Gasteiger partial charge on any atom is -0.396 e. The SMILES string of the molecule is CCCN(CCCCCO)C1CCCNC1. The van der Waals surface area contributed by atoms with Crippen molar-refractivity contribution in [2.75, 3.05) is 32.8 Å². The second-order valence-electron chi connectivity index (χ2n) is 4.82. The summed E-state index contributed by atoms with van der Waals surface area (Å²) in [5, 5.41) is 12.3. The summed E-state index contributed by atoms with van der Waals surface area (Å²) in [6.45, 7) is 7.41. The van der Waals surface area contributed by atoms with Crippen molar-refractivity contribution >= 4 is 0 Å². The van der Waals surface area contributed by atoms with Gasteiger partial charge in [0, 0.05) is 19.2 Å². The highest BCUT2D eigenvalue weighted by Crippen LogP contribution is 2.12. The van der Waals surface area contributed by atoms with Crippen LogP contribution in [0.15, 0.2) is 0 Å². The fourth-order valence-electron chi connectivity index (χ4n) is 2.51. The van der Waals surface area contributed by atoms with E-state index in [-0.39, 0.29) is 0 Å². The van der Waals surface area contributed by atoms with Gasteiger partial charge in [0.1, 0.15) is 0 Å². The number of nitrogens with zero attached hydrogens (tertiary/aromatic N) is 1. The van der Waals surface area contributed by atoms with Crippen LogP contribution in [0.4, 0.5) is 0 Å². The molecule has 1 saturated heterocycles. The van der Waals surface area contributed by atoms with Gasteiger partial charge in [-0.05, 0) is 58.2 Å². The Morgan fingerprint density at radius 1 is 1.25 bits per heavy atom. The number of piperidine rings is 1. The maximum Gasteiger partial charge on any atom is 0.0431 e. The number of hydrogen-bond acceptors (Lipinski definition) is 3. The van der Waals surface area contributed by atoms with E-state index in [2.05, 4.69) is 17.1 Å². The Balaban J connectivity index is 2.22. The van der Waals surface area contributed by atoms with Crippen molar-refractivity contribution in [1.29, 1.82) is 0 Å². The van der Waals surface area contributed by atoms with Crippen LogP contribution < -0.4 is 5.32 Å². The largest absolute Gasteiger partial charge is 0.396 e. The molecule has 3 nitrogen and oxygen atoms in total. The maximum atomic E-state index is 8.76. The van der Waals surface area contributed by atoms with Crippen molar-refractivity contribution in [3.05, 3.63) is 0 Å². The van der Waals surface area contributed by atoms with Gasteiger partial charge in [-0.1, -0.05) is 6.92 Å². The molecule has 0 aliphatic carbocycles. The molecule has 0 spiro atoms. The number of nitrogens with one attached hydrogen (secondary N) is 1. The minimum atomic E-state index is 0.346. The first-order chi connectivity index (χ1) is 7.88. The van der Waals surface area contributed by atoms with Crippen LogP contribution in [-0.2, 0) is 0 Å². The summed E-state index contributed by atoms with van der Waals surface area (Å²) in [7, 11) is 0. The van der Waals surface area contributed by atoms with Crippen molar-refractivity contribution in [1.82, 2.24) is 10.2 Å². The number of rotatable bonds is 8. The van der Waals surface area contributed by atoms with E-state index in [0.717, 1.165) is 18.9 Å². The predicted molar refractivity (Wildman–Crippen MR) is 68.7 cm³/mol. The second-order valence-corrected chi connectivity index (χ2v) is 4.82. The highest BCUT2D eigenvalue weighted by atomic mass is 16.2. The molecule has 1 aliphatic heterocycles. The molecule has 0 aromatic rings. The van der Waals surface area contributed by atoms with Crippen LogP contribution in [0.2, 0.25) is 0 Å². The van der Waals surface area contributed by atoms with E-state index in [0.29, 0.717) is 6.61 Å². The van der Waals surface area contributed by atoms with Crippen molar-refractivity contribution < 1.29 is 5.11 Å². The second kappa shape index (κ2) is 8.97. The molecule has 1 atom stereocenters. The molecule has 0 amide bonds. The lowest BCUT2D eigenvalue weighted by atomic mass is 10.0. The van der Waals surface area contributed by atoms with Gasteiger partial charge in [-0.15, -0.1) is 0 Å². The van der Waals surface area contributed by atoms with Crippen LogP contribution in [0.1, 0.15) is 45.4 Å². The van der Waals surface area contributed by atoms with E-state index >= 15 is 0 Å². The summed E-state index contributed by atoms with van der Waals surface area (Å²) in [4.78, 5) is 2.64. The summed E-state index contributed by atoms with van der Waals surface area (Å²) in [5.41, 5.74) is 0. The fraction of sp³-hybridized carbons (Fsp3) is 1.00. The van der Waals surface area contributed by atoms with E-state index in [1.54, 1.807) is 0 Å². The van der Waals surface area contributed by atoms with Crippen LogP contribution in [0, 0.1) is 0 Å². The zero-order chi connectivity index (χ0) is 11.6. The molecule has 1 aliphatic rings. The summed E-state index contributed by atoms with van der Waals surface area (Å²) in [6, 6.07) is 0.753. The topological polar surface area (TPSA) is 35.5 Å². The number of hydrogen-bond donors (Lipinski definition) is 2. The third-order valence-electron chi connectivity index (χ3n) is 3.40. The molecule has 1 fully saturated rings. The first-order valence-corrected chi connectivity index (χ1v) is 6.94. The molecule has 1 unspecified atom stereocenters. The van der Waals surface area contributed by atoms with Crippen LogP contribution >= 0.6 is 0 Å². The molecule has 0 saturated carbocycles. The summed E-state index contributed by atoms with van der Waals surface area (Å²) in [6.07, 6.45) is 7.28. The molecule has 2 N–H and O–H groups in total. The van der Waals surface area contributed by atoms with E-state index in [4.69, 9.17) is 5.11 Å². The number of aliphatic hydroxyl groups excluding tert-OH is 1. The Hall–Kier alpha value is -0.120. The lowest BCUT2D eigenvalue weighted by Gasteiger charge is -2.34. The zero-order valence-corrected chi connectivity index (χ0v) is 10.7. The van der Waals surface area contributed by atoms with Crippen LogP contribution in [0.5, 0.6) is 0 Å². The standard InChI is InChI=1S/C13H28N2O/c1-2-9-15(10-4-3-5-11-16)13-7-6-8-14-12-13/h13-14,16H,2-12H2,1H3. The van der Waals surface area contributed by atoms with Crippen LogP contribution in [-0.4, -0.2) is 48.8 Å². The quantitative estimate of drug-likeness (QED) is 0.620. The van der Waals surface area contributed by atoms with Gasteiger partial charge in [0.2, 0.25) is 0 Å². The summed E-state index contributed by atoms with van der Waals surface area (Å²) < 4.78 is 0. The Morgan fingerprint density at radius 2 is 2.12 bits per heavy atom. The molecule has 96 valence electrons. The lowest BCUT2D eigenvalue weighted by molar-refractivity contribution is 0.161. The van der Waals surface area contributed by atoms with Gasteiger partial charge in [0.15, 0.2) is 0 Å². The summed E-state index contributed by atoms with van der Waals surface area (Å²) >= 11 is 0. The Morgan fingerprint density at radius 3 is 2.75 bits per heavy atom. The highest BCUT2D eigenvalue weighted by Gasteiger charge is 2.19. The molecular formula is C13H28N2O. The molecule has 0 aromatic heterocycles. The van der Waals surface area contributed by atoms with E-state index in [1.165, 1.54) is 51.9 Å². The van der Waals surface area contributed by atoms with E-state index in [1.807, 2.05) is 0 Å². The smallest absolute Gasteiger partial charge is 0.0431 e. The molecule has 3 heteroatoms. The van der Waals surface area contributed by atoms with Crippen molar-refractivity contribution in [2.45, 2.75) is 51.5 Å². The summed E-state index contributed by atoms with van der Waals surface area (Å²) in [5.74, 6) is 0. The van der Waals surface area contributed by atoms with Gasteiger partial charge in [-0.2, -0.15) is 0 Å². The predicted octanol–water partition coefficient (Wildman–Crippen LogP) is 1.61. The van der Waals surface area contributed by atoms with Gasteiger partial charge >= 0.3 is 0 Å². The van der Waals surface area contributed by atoms with Gasteiger partial charge < -0.3 is 10.4 Å². The first kappa shape index (κ1) is 13.9. The van der Waals surface area contributed by atoms with E-state index in [9.17, 15) is 0 Å². The third-order valence-corrected chi connectivity index (χ3v) is 3.40. The van der Waals surface area contributed by atoms with Crippen molar-refractivity contribution in [2.24, 2.45) is 0 Å². The van der Waals surface area contributed by atoms with Gasteiger partial charge in [-0.3, -0.25) is 4.90 Å². The Kier molecular flexibility index (Phi) is 7.81. The highest BCUT2D eigenvalue weighted by molar-refractivity contribution is 4.78. The first-order valence-electron chi connectivity index (χ1n) is 6.94.